The molecule has 0 N–H and O–H groups in total. The van der Waals surface area contributed by atoms with Gasteiger partial charge in [-0.25, -0.2) is 8.78 Å². The molecule has 1 amide bonds. The predicted molar refractivity (Wildman–Crippen MR) is 88.6 cm³/mol. The first-order chi connectivity index (χ1) is 11.5. The largest absolute Gasteiger partial charge is 0.481 e. The quantitative estimate of drug-likeness (QED) is 0.742. The lowest BCUT2D eigenvalue weighted by atomic mass is 10.2. The topological polar surface area (TPSA) is 53.3 Å². The minimum atomic E-state index is -0.619. The summed E-state index contributed by atoms with van der Waals surface area (Å²) in [7, 11) is 0. The van der Waals surface area contributed by atoms with Crippen molar-refractivity contribution in [3.8, 4) is 11.8 Å². The van der Waals surface area contributed by atoms with Crippen LogP contribution in [0.3, 0.4) is 0 Å². The van der Waals surface area contributed by atoms with E-state index in [4.69, 9.17) is 10.00 Å². The molecule has 2 aromatic rings. The molecule has 4 nitrogen and oxygen atoms in total. The highest BCUT2D eigenvalue weighted by atomic mass is 79.9. The van der Waals surface area contributed by atoms with Gasteiger partial charge < -0.3 is 9.64 Å². The number of carbonyl (C=O) groups excluding carboxylic acids is 1. The molecule has 0 fully saturated rings. The smallest absolute Gasteiger partial charge is 0.265 e. The molecule has 0 spiro atoms. The molecule has 2 rings (SSSR count). The zero-order chi connectivity index (χ0) is 17.5. The number of hydrogen-bond acceptors (Lipinski definition) is 3. The molecule has 0 bridgehead atoms. The van der Waals surface area contributed by atoms with E-state index in [0.29, 0.717) is 4.47 Å². The first-order valence-electron chi connectivity index (χ1n) is 7.02. The van der Waals surface area contributed by atoms with E-state index in [1.54, 1.807) is 12.1 Å². The Kier molecular flexibility index (Phi) is 6.27. The average Bonchev–Trinajstić information content (AvgIpc) is 2.56. The van der Waals surface area contributed by atoms with Crippen LogP contribution in [0, 0.1) is 23.0 Å². The van der Waals surface area contributed by atoms with Crippen molar-refractivity contribution in [2.45, 2.75) is 6.42 Å². The van der Waals surface area contributed by atoms with Gasteiger partial charge in [-0.2, -0.15) is 5.26 Å². The van der Waals surface area contributed by atoms with Crippen LogP contribution in [-0.4, -0.2) is 19.1 Å². The number of nitrogens with zero attached hydrogens (tertiary/aromatic N) is 2. The summed E-state index contributed by atoms with van der Waals surface area (Å²) in [5.41, 5.74) is 0.0534. The van der Waals surface area contributed by atoms with Crippen molar-refractivity contribution < 1.29 is 18.3 Å². The zero-order valence-electron chi connectivity index (χ0n) is 12.5. The van der Waals surface area contributed by atoms with Crippen molar-refractivity contribution in [1.29, 1.82) is 5.26 Å². The van der Waals surface area contributed by atoms with Crippen LogP contribution >= 0.6 is 15.9 Å². The molecule has 0 radical (unpaired) electrons. The van der Waals surface area contributed by atoms with Crippen LogP contribution in [0.4, 0.5) is 14.5 Å². The lowest BCUT2D eigenvalue weighted by molar-refractivity contribution is -0.120. The van der Waals surface area contributed by atoms with Gasteiger partial charge in [0.2, 0.25) is 0 Å². The highest BCUT2D eigenvalue weighted by Gasteiger charge is 2.19. The molecule has 0 aliphatic carbocycles. The molecule has 0 saturated carbocycles. The monoisotopic (exact) mass is 394 g/mol. The Morgan fingerprint density at radius 2 is 1.96 bits per heavy atom. The fraction of sp³-hybridized carbons (Fsp3) is 0.176. The number of rotatable bonds is 6. The molecule has 7 heteroatoms. The molecule has 124 valence electrons. The number of halogens is 3. The second-order valence-corrected chi connectivity index (χ2v) is 5.68. The molecule has 0 aliphatic rings. The maximum absolute atomic E-state index is 13.9. The summed E-state index contributed by atoms with van der Waals surface area (Å²) >= 11 is 3.12. The lowest BCUT2D eigenvalue weighted by Crippen LogP contribution is -2.36. The zero-order valence-corrected chi connectivity index (χ0v) is 14.1. The molecule has 24 heavy (non-hydrogen) atoms. The third-order valence-electron chi connectivity index (χ3n) is 3.14. The number of ether oxygens (including phenoxy) is 1. The number of hydrogen-bond donors (Lipinski definition) is 0. The van der Waals surface area contributed by atoms with E-state index in [9.17, 15) is 13.6 Å². The highest BCUT2D eigenvalue weighted by molar-refractivity contribution is 9.10. The van der Waals surface area contributed by atoms with E-state index in [2.05, 4.69) is 15.9 Å². The van der Waals surface area contributed by atoms with Gasteiger partial charge in [0.1, 0.15) is 5.82 Å². The second-order valence-electron chi connectivity index (χ2n) is 4.77. The van der Waals surface area contributed by atoms with Crippen LogP contribution in [0.15, 0.2) is 46.9 Å². The summed E-state index contributed by atoms with van der Waals surface area (Å²) in [5.74, 6) is -1.86. The van der Waals surface area contributed by atoms with Crippen LogP contribution in [0.5, 0.6) is 5.75 Å². The van der Waals surface area contributed by atoms with Crippen LogP contribution in [0.2, 0.25) is 0 Å². The van der Waals surface area contributed by atoms with E-state index in [1.165, 1.54) is 30.3 Å². The minimum absolute atomic E-state index is 0.0163. The van der Waals surface area contributed by atoms with Crippen molar-refractivity contribution >= 4 is 27.5 Å². The number of carbonyl (C=O) groups is 1. The molecule has 0 unspecified atom stereocenters. The first-order valence-corrected chi connectivity index (χ1v) is 7.82. The normalized spacial score (nSPS) is 10.1. The summed E-state index contributed by atoms with van der Waals surface area (Å²) in [6.45, 7) is -0.458. The van der Waals surface area contributed by atoms with E-state index in [0.717, 1.165) is 4.90 Å². The number of amides is 1. The second kappa shape index (κ2) is 8.41. The molecule has 0 heterocycles. The van der Waals surface area contributed by atoms with Gasteiger partial charge >= 0.3 is 0 Å². The van der Waals surface area contributed by atoms with Crippen molar-refractivity contribution in [2.24, 2.45) is 0 Å². The average molecular weight is 395 g/mol. The molecule has 0 aliphatic heterocycles. The van der Waals surface area contributed by atoms with Crippen molar-refractivity contribution in [1.82, 2.24) is 0 Å². The van der Waals surface area contributed by atoms with E-state index in [1.807, 2.05) is 6.07 Å². The summed E-state index contributed by atoms with van der Waals surface area (Å²) in [4.78, 5) is 13.5. The summed E-state index contributed by atoms with van der Waals surface area (Å²) in [6.07, 6.45) is 0.0344. The molecule has 2 aromatic carbocycles. The minimum Gasteiger partial charge on any atom is -0.481 e. The molecule has 0 aromatic heterocycles. The number of anilines is 1. The van der Waals surface area contributed by atoms with Gasteiger partial charge in [-0.3, -0.25) is 4.79 Å². The Bertz CT molecular complexity index is 777. The predicted octanol–water partition coefficient (Wildman–Crippen LogP) is 4.05. The Morgan fingerprint density at radius 3 is 2.62 bits per heavy atom. The summed E-state index contributed by atoms with van der Waals surface area (Å²) < 4.78 is 33.4. The van der Waals surface area contributed by atoms with E-state index in [-0.39, 0.29) is 24.4 Å². The highest BCUT2D eigenvalue weighted by Crippen LogP contribution is 2.23. The summed E-state index contributed by atoms with van der Waals surface area (Å²) in [5, 5.41) is 8.72. The van der Waals surface area contributed by atoms with Crippen LogP contribution < -0.4 is 9.64 Å². The van der Waals surface area contributed by atoms with Crippen LogP contribution in [-0.2, 0) is 4.79 Å². The fourth-order valence-corrected chi connectivity index (χ4v) is 2.35. The Hall–Kier alpha value is -2.46. The number of nitriles is 1. The van der Waals surface area contributed by atoms with Gasteiger partial charge in [-0.05, 0) is 30.3 Å². The third kappa shape index (κ3) is 4.52. The van der Waals surface area contributed by atoms with Gasteiger partial charge in [0.15, 0.2) is 18.2 Å². The lowest BCUT2D eigenvalue weighted by Gasteiger charge is -2.22. The van der Waals surface area contributed by atoms with Crippen molar-refractivity contribution in [3.63, 3.8) is 0 Å². The maximum atomic E-state index is 13.9. The Labute approximate surface area is 146 Å². The SMILES string of the molecule is N#CCCN(C(=O)COc1ccc(Br)cc1F)c1ccccc1F. The fourth-order valence-electron chi connectivity index (χ4n) is 2.02. The Morgan fingerprint density at radius 1 is 1.21 bits per heavy atom. The van der Waals surface area contributed by atoms with Gasteiger partial charge in [-0.1, -0.05) is 28.1 Å². The van der Waals surface area contributed by atoms with Gasteiger partial charge in [0.05, 0.1) is 18.2 Å². The van der Waals surface area contributed by atoms with Crippen LogP contribution in [0.25, 0.3) is 0 Å². The number of benzene rings is 2. The summed E-state index contributed by atoms with van der Waals surface area (Å²) in [6, 6.07) is 11.8. The molecule has 0 saturated heterocycles. The number of para-hydroxylation sites is 1. The molecular weight excluding hydrogens is 382 g/mol. The van der Waals surface area contributed by atoms with E-state index < -0.39 is 24.1 Å². The van der Waals surface area contributed by atoms with Gasteiger partial charge in [-0.15, -0.1) is 0 Å². The third-order valence-corrected chi connectivity index (χ3v) is 3.63. The molecule has 0 atom stereocenters. The maximum Gasteiger partial charge on any atom is 0.265 e. The van der Waals surface area contributed by atoms with Crippen molar-refractivity contribution in [2.75, 3.05) is 18.1 Å². The first kappa shape index (κ1) is 17.9. The van der Waals surface area contributed by atoms with Gasteiger partial charge in [0, 0.05) is 11.0 Å². The van der Waals surface area contributed by atoms with Crippen molar-refractivity contribution in [3.05, 3.63) is 58.6 Å². The Balaban J connectivity index is 2.13. The van der Waals surface area contributed by atoms with Crippen LogP contribution in [0.1, 0.15) is 6.42 Å². The van der Waals surface area contributed by atoms with E-state index >= 15 is 0 Å². The van der Waals surface area contributed by atoms with Gasteiger partial charge in [0.25, 0.3) is 5.91 Å². The molecular formula is C17H13BrF2N2O2. The standard InChI is InChI=1S/C17H13BrF2N2O2/c18-12-6-7-16(14(20)10-12)24-11-17(23)22(9-3-8-21)15-5-2-1-4-13(15)19/h1-2,4-7,10H,3,9,11H2.